The SMILES string of the molecule is CCC(C)N(C)/C=C\N. The predicted molar refractivity (Wildman–Crippen MR) is 40.8 cm³/mol. The van der Waals surface area contributed by atoms with Gasteiger partial charge in [0, 0.05) is 25.5 Å². The summed E-state index contributed by atoms with van der Waals surface area (Å²) in [6.07, 6.45) is 4.60. The molecule has 2 N–H and O–H groups in total. The second-order valence-corrected chi connectivity index (χ2v) is 2.26. The Morgan fingerprint density at radius 1 is 1.67 bits per heavy atom. The molecule has 1 atom stereocenters. The number of hydrogen-bond acceptors (Lipinski definition) is 2. The molecule has 0 aliphatic heterocycles. The summed E-state index contributed by atoms with van der Waals surface area (Å²) in [5.74, 6) is 0. The van der Waals surface area contributed by atoms with E-state index in [2.05, 4.69) is 18.7 Å². The largest absolute Gasteiger partial charge is 0.403 e. The van der Waals surface area contributed by atoms with Gasteiger partial charge in [-0.1, -0.05) is 6.92 Å². The van der Waals surface area contributed by atoms with Gasteiger partial charge in [0.25, 0.3) is 0 Å². The van der Waals surface area contributed by atoms with Gasteiger partial charge in [-0.05, 0) is 13.3 Å². The van der Waals surface area contributed by atoms with Crippen LogP contribution in [0.2, 0.25) is 0 Å². The van der Waals surface area contributed by atoms with Crippen molar-refractivity contribution < 1.29 is 0 Å². The van der Waals surface area contributed by atoms with Crippen LogP contribution in [0.4, 0.5) is 0 Å². The fraction of sp³-hybridized carbons (Fsp3) is 0.714. The maximum Gasteiger partial charge on any atom is 0.0250 e. The molecule has 0 aliphatic rings. The summed E-state index contributed by atoms with van der Waals surface area (Å²) in [6.45, 7) is 4.32. The molecule has 0 saturated heterocycles. The van der Waals surface area contributed by atoms with Crippen LogP contribution in [0.1, 0.15) is 20.3 Å². The van der Waals surface area contributed by atoms with E-state index in [1.807, 2.05) is 13.2 Å². The van der Waals surface area contributed by atoms with Crippen molar-refractivity contribution >= 4 is 0 Å². The lowest BCUT2D eigenvalue weighted by Gasteiger charge is -2.20. The van der Waals surface area contributed by atoms with E-state index in [4.69, 9.17) is 5.73 Å². The van der Waals surface area contributed by atoms with Gasteiger partial charge in [0.2, 0.25) is 0 Å². The minimum atomic E-state index is 0.588. The molecule has 0 aromatic heterocycles. The molecule has 0 aliphatic carbocycles. The molecule has 0 radical (unpaired) electrons. The smallest absolute Gasteiger partial charge is 0.0250 e. The Morgan fingerprint density at radius 2 is 2.22 bits per heavy atom. The van der Waals surface area contributed by atoms with Crippen LogP contribution in [0.25, 0.3) is 0 Å². The zero-order chi connectivity index (χ0) is 7.28. The highest BCUT2D eigenvalue weighted by Crippen LogP contribution is 1.98. The van der Waals surface area contributed by atoms with Crippen LogP contribution in [0, 0.1) is 0 Å². The van der Waals surface area contributed by atoms with Crippen LogP contribution in [-0.4, -0.2) is 18.0 Å². The van der Waals surface area contributed by atoms with Gasteiger partial charge in [0.05, 0.1) is 0 Å². The predicted octanol–water partition coefficient (Wildman–Crippen LogP) is 1.15. The molecule has 0 amide bonds. The average molecular weight is 128 g/mol. The van der Waals surface area contributed by atoms with Gasteiger partial charge >= 0.3 is 0 Å². The zero-order valence-corrected chi connectivity index (χ0v) is 6.46. The molecule has 0 rings (SSSR count). The van der Waals surface area contributed by atoms with Crippen molar-refractivity contribution in [3.63, 3.8) is 0 Å². The first-order chi connectivity index (χ1) is 4.22. The normalized spacial score (nSPS) is 14.1. The van der Waals surface area contributed by atoms with Crippen LogP contribution in [0.15, 0.2) is 12.4 Å². The van der Waals surface area contributed by atoms with Gasteiger partial charge in [0.15, 0.2) is 0 Å². The standard InChI is InChI=1S/C7H16N2/c1-4-7(2)9(3)6-5-8/h5-7H,4,8H2,1-3H3/b6-5-. The minimum absolute atomic E-state index is 0.588. The molecule has 1 unspecified atom stereocenters. The molecule has 0 saturated carbocycles. The van der Waals surface area contributed by atoms with Gasteiger partial charge in [-0.3, -0.25) is 0 Å². The molecule has 0 spiro atoms. The Hall–Kier alpha value is -0.660. The summed E-state index contributed by atoms with van der Waals surface area (Å²) in [4.78, 5) is 2.10. The third-order valence-electron chi connectivity index (χ3n) is 1.61. The molecule has 0 fully saturated rings. The lowest BCUT2D eigenvalue weighted by Crippen LogP contribution is -2.22. The summed E-state index contributed by atoms with van der Waals surface area (Å²) in [5, 5.41) is 0. The molecular formula is C7H16N2. The van der Waals surface area contributed by atoms with Crippen LogP contribution >= 0.6 is 0 Å². The summed E-state index contributed by atoms with van der Waals surface area (Å²) < 4.78 is 0. The highest BCUT2D eigenvalue weighted by Gasteiger charge is 1.98. The van der Waals surface area contributed by atoms with Crippen molar-refractivity contribution in [2.75, 3.05) is 7.05 Å². The molecule has 0 heterocycles. The second kappa shape index (κ2) is 4.24. The number of hydrogen-bond donors (Lipinski definition) is 1. The van der Waals surface area contributed by atoms with Crippen LogP contribution in [-0.2, 0) is 0 Å². The first kappa shape index (κ1) is 8.34. The fourth-order valence-electron chi connectivity index (χ4n) is 0.571. The Bertz CT molecular complexity index is 88.9. The van der Waals surface area contributed by atoms with Crippen LogP contribution in [0.3, 0.4) is 0 Å². The third-order valence-corrected chi connectivity index (χ3v) is 1.61. The lowest BCUT2D eigenvalue weighted by atomic mass is 10.2. The van der Waals surface area contributed by atoms with Gasteiger partial charge in [-0.15, -0.1) is 0 Å². The van der Waals surface area contributed by atoms with Crippen LogP contribution in [0.5, 0.6) is 0 Å². The van der Waals surface area contributed by atoms with Crippen molar-refractivity contribution in [1.82, 2.24) is 4.90 Å². The first-order valence-corrected chi connectivity index (χ1v) is 3.32. The van der Waals surface area contributed by atoms with Crippen molar-refractivity contribution in [3.05, 3.63) is 12.4 Å². The molecular weight excluding hydrogens is 112 g/mol. The fourth-order valence-corrected chi connectivity index (χ4v) is 0.571. The summed E-state index contributed by atoms with van der Waals surface area (Å²) >= 11 is 0. The van der Waals surface area contributed by atoms with E-state index < -0.39 is 0 Å². The van der Waals surface area contributed by atoms with E-state index in [-0.39, 0.29) is 0 Å². The third kappa shape index (κ3) is 3.01. The summed E-state index contributed by atoms with van der Waals surface area (Å²) in [7, 11) is 2.03. The van der Waals surface area contributed by atoms with E-state index in [1.165, 1.54) is 0 Å². The Labute approximate surface area is 57.3 Å². The van der Waals surface area contributed by atoms with Crippen molar-refractivity contribution in [2.24, 2.45) is 5.73 Å². The van der Waals surface area contributed by atoms with E-state index in [9.17, 15) is 0 Å². The van der Waals surface area contributed by atoms with Gasteiger partial charge in [-0.25, -0.2) is 0 Å². The summed E-state index contributed by atoms with van der Waals surface area (Å²) in [5.41, 5.74) is 5.20. The lowest BCUT2D eigenvalue weighted by molar-refractivity contribution is 0.343. The first-order valence-electron chi connectivity index (χ1n) is 3.32. The number of nitrogens with two attached hydrogens (primary N) is 1. The van der Waals surface area contributed by atoms with Crippen molar-refractivity contribution in [2.45, 2.75) is 26.3 Å². The van der Waals surface area contributed by atoms with Gasteiger partial charge in [0.1, 0.15) is 0 Å². The highest BCUT2D eigenvalue weighted by molar-refractivity contribution is 4.77. The molecule has 9 heavy (non-hydrogen) atoms. The molecule has 2 nitrogen and oxygen atoms in total. The Kier molecular flexibility index (Phi) is 3.93. The van der Waals surface area contributed by atoms with E-state index >= 15 is 0 Å². The topological polar surface area (TPSA) is 29.3 Å². The quantitative estimate of drug-likeness (QED) is 0.617. The van der Waals surface area contributed by atoms with Crippen LogP contribution < -0.4 is 5.73 Å². The van der Waals surface area contributed by atoms with Gasteiger partial charge < -0.3 is 10.6 Å². The molecule has 0 aromatic rings. The van der Waals surface area contributed by atoms with E-state index in [1.54, 1.807) is 6.20 Å². The van der Waals surface area contributed by atoms with E-state index in [0.717, 1.165) is 6.42 Å². The van der Waals surface area contributed by atoms with Gasteiger partial charge in [-0.2, -0.15) is 0 Å². The molecule has 0 bridgehead atoms. The second-order valence-electron chi connectivity index (χ2n) is 2.26. The maximum atomic E-state index is 5.20. The minimum Gasteiger partial charge on any atom is -0.403 e. The number of rotatable bonds is 3. The van der Waals surface area contributed by atoms with E-state index in [0.29, 0.717) is 6.04 Å². The van der Waals surface area contributed by atoms with Crippen molar-refractivity contribution in [3.8, 4) is 0 Å². The Morgan fingerprint density at radius 3 is 2.56 bits per heavy atom. The molecule has 0 aromatic carbocycles. The molecule has 2 heteroatoms. The molecule has 54 valence electrons. The summed E-state index contributed by atoms with van der Waals surface area (Å²) in [6, 6.07) is 0.588. The highest BCUT2D eigenvalue weighted by atomic mass is 15.1. The zero-order valence-electron chi connectivity index (χ0n) is 6.46. The maximum absolute atomic E-state index is 5.20. The Balaban J connectivity index is 3.58. The monoisotopic (exact) mass is 128 g/mol. The number of nitrogens with zero attached hydrogens (tertiary/aromatic N) is 1. The average Bonchev–Trinajstić information content (AvgIpc) is 1.87. The van der Waals surface area contributed by atoms with Crippen molar-refractivity contribution in [1.29, 1.82) is 0 Å².